The molecule has 5 heteroatoms. The van der Waals surface area contributed by atoms with Gasteiger partial charge in [-0.15, -0.1) is 0 Å². The molecule has 0 radical (unpaired) electrons. The van der Waals surface area contributed by atoms with E-state index >= 15 is 0 Å². The fourth-order valence-corrected chi connectivity index (χ4v) is 2.76. The van der Waals surface area contributed by atoms with Crippen LogP contribution in [0.25, 0.3) is 0 Å². The van der Waals surface area contributed by atoms with Crippen molar-refractivity contribution in [2.45, 2.75) is 52.1 Å². The summed E-state index contributed by atoms with van der Waals surface area (Å²) < 4.78 is 13.8. The molecule has 0 aromatic heterocycles. The third-order valence-electron chi connectivity index (χ3n) is 3.93. The van der Waals surface area contributed by atoms with Gasteiger partial charge in [0.1, 0.15) is 17.9 Å². The Bertz CT molecular complexity index is 559. The molecule has 1 aromatic rings. The minimum atomic E-state index is -0.578. The van der Waals surface area contributed by atoms with E-state index in [0.717, 1.165) is 6.42 Å². The van der Waals surface area contributed by atoms with E-state index in [9.17, 15) is 14.0 Å². The van der Waals surface area contributed by atoms with Crippen LogP contribution in [-0.2, 0) is 9.59 Å². The van der Waals surface area contributed by atoms with Gasteiger partial charge in [-0.2, -0.15) is 0 Å². The molecule has 4 nitrogen and oxygen atoms in total. The summed E-state index contributed by atoms with van der Waals surface area (Å²) in [5, 5.41) is 2.78. The Balaban J connectivity index is 2.47. The van der Waals surface area contributed by atoms with Crippen molar-refractivity contribution in [1.82, 2.24) is 5.32 Å². The van der Waals surface area contributed by atoms with E-state index in [0.29, 0.717) is 24.1 Å². The van der Waals surface area contributed by atoms with Gasteiger partial charge in [-0.1, -0.05) is 26.3 Å². The summed E-state index contributed by atoms with van der Waals surface area (Å²) >= 11 is 0. The van der Waals surface area contributed by atoms with Crippen LogP contribution in [0.1, 0.15) is 38.7 Å². The second kappa shape index (κ2) is 6.24. The maximum absolute atomic E-state index is 13.8. The van der Waals surface area contributed by atoms with Gasteiger partial charge in [-0.3, -0.25) is 14.5 Å². The molecule has 21 heavy (non-hydrogen) atoms. The van der Waals surface area contributed by atoms with Crippen LogP contribution in [0.2, 0.25) is 0 Å². The number of anilines is 1. The molecule has 1 aliphatic heterocycles. The van der Waals surface area contributed by atoms with Crippen molar-refractivity contribution in [3.8, 4) is 0 Å². The lowest BCUT2D eigenvalue weighted by Gasteiger charge is -2.39. The standard InChI is InChI=1S/C16H21FN2O2/c1-4-7-12-16(21)19(13(5-2)15(20)18-12)14-9-6-8-11(17)10(14)3/h6,8-9,12-13H,4-5,7H2,1-3H3,(H,18,20). The Morgan fingerprint density at radius 2 is 2.00 bits per heavy atom. The monoisotopic (exact) mass is 292 g/mol. The van der Waals surface area contributed by atoms with Crippen molar-refractivity contribution in [3.05, 3.63) is 29.6 Å². The number of rotatable bonds is 4. The molecule has 114 valence electrons. The number of piperazine rings is 1. The van der Waals surface area contributed by atoms with Gasteiger partial charge < -0.3 is 5.32 Å². The molecule has 1 fully saturated rings. The zero-order valence-corrected chi connectivity index (χ0v) is 12.6. The van der Waals surface area contributed by atoms with Crippen LogP contribution in [0.4, 0.5) is 10.1 Å². The summed E-state index contributed by atoms with van der Waals surface area (Å²) in [5.41, 5.74) is 0.886. The molecule has 1 aliphatic rings. The minimum absolute atomic E-state index is 0.156. The first-order valence-corrected chi connectivity index (χ1v) is 7.39. The maximum atomic E-state index is 13.8. The highest BCUT2D eigenvalue weighted by molar-refractivity contribution is 6.08. The number of carbonyl (C=O) groups excluding carboxylic acids is 2. The van der Waals surface area contributed by atoms with Gasteiger partial charge in [0.25, 0.3) is 0 Å². The molecule has 0 saturated carbocycles. The number of hydrogen-bond acceptors (Lipinski definition) is 2. The molecule has 0 spiro atoms. The second-order valence-electron chi connectivity index (χ2n) is 5.37. The van der Waals surface area contributed by atoms with E-state index < -0.39 is 12.1 Å². The van der Waals surface area contributed by atoms with Crippen molar-refractivity contribution in [1.29, 1.82) is 0 Å². The van der Waals surface area contributed by atoms with Crippen LogP contribution in [0.5, 0.6) is 0 Å². The zero-order chi connectivity index (χ0) is 15.6. The lowest BCUT2D eigenvalue weighted by atomic mass is 9.99. The van der Waals surface area contributed by atoms with E-state index in [2.05, 4.69) is 5.32 Å². The van der Waals surface area contributed by atoms with Crippen LogP contribution in [0, 0.1) is 12.7 Å². The molecule has 1 saturated heterocycles. The number of nitrogens with zero attached hydrogens (tertiary/aromatic N) is 1. The normalized spacial score (nSPS) is 22.4. The van der Waals surface area contributed by atoms with Crippen LogP contribution in [-0.4, -0.2) is 23.9 Å². The summed E-state index contributed by atoms with van der Waals surface area (Å²) in [6.45, 7) is 5.44. The van der Waals surface area contributed by atoms with Crippen molar-refractivity contribution in [2.75, 3.05) is 4.90 Å². The Morgan fingerprint density at radius 3 is 2.62 bits per heavy atom. The van der Waals surface area contributed by atoms with E-state index in [4.69, 9.17) is 0 Å². The first-order valence-electron chi connectivity index (χ1n) is 7.39. The maximum Gasteiger partial charge on any atom is 0.250 e. The summed E-state index contributed by atoms with van der Waals surface area (Å²) in [4.78, 5) is 26.4. The fourth-order valence-electron chi connectivity index (χ4n) is 2.76. The van der Waals surface area contributed by atoms with Gasteiger partial charge >= 0.3 is 0 Å². The lowest BCUT2D eigenvalue weighted by molar-refractivity contribution is -0.134. The summed E-state index contributed by atoms with van der Waals surface area (Å²) in [6, 6.07) is 3.52. The molecule has 2 amide bonds. The molecule has 0 bridgehead atoms. The third-order valence-corrected chi connectivity index (χ3v) is 3.93. The molecule has 2 unspecified atom stereocenters. The average molecular weight is 292 g/mol. The summed E-state index contributed by atoms with van der Waals surface area (Å²) in [7, 11) is 0. The van der Waals surface area contributed by atoms with Gasteiger partial charge in [0.05, 0.1) is 5.69 Å². The predicted molar refractivity (Wildman–Crippen MR) is 79.5 cm³/mol. The largest absolute Gasteiger partial charge is 0.342 e. The third kappa shape index (κ3) is 2.77. The zero-order valence-electron chi connectivity index (χ0n) is 12.6. The number of nitrogens with one attached hydrogen (secondary N) is 1. The number of amides is 2. The van der Waals surface area contributed by atoms with E-state index in [1.54, 1.807) is 19.1 Å². The highest BCUT2D eigenvalue weighted by atomic mass is 19.1. The second-order valence-corrected chi connectivity index (χ2v) is 5.37. The Labute approximate surface area is 124 Å². The molecule has 1 heterocycles. The van der Waals surface area contributed by atoms with E-state index in [1.165, 1.54) is 11.0 Å². The average Bonchev–Trinajstić information content (AvgIpc) is 2.46. The Hall–Kier alpha value is -1.91. The van der Waals surface area contributed by atoms with Gasteiger partial charge in [0.15, 0.2) is 0 Å². The van der Waals surface area contributed by atoms with Crippen LogP contribution < -0.4 is 10.2 Å². The van der Waals surface area contributed by atoms with Gasteiger partial charge in [-0.05, 0) is 31.9 Å². The highest BCUT2D eigenvalue weighted by Gasteiger charge is 2.40. The topological polar surface area (TPSA) is 49.4 Å². The van der Waals surface area contributed by atoms with Crippen LogP contribution in [0.3, 0.4) is 0 Å². The molecule has 1 N–H and O–H groups in total. The van der Waals surface area contributed by atoms with Crippen LogP contribution >= 0.6 is 0 Å². The first kappa shape index (κ1) is 15.5. The SMILES string of the molecule is CCCC1NC(=O)C(CC)N(c2cccc(F)c2C)C1=O. The van der Waals surface area contributed by atoms with Gasteiger partial charge in [0.2, 0.25) is 11.8 Å². The van der Waals surface area contributed by atoms with Gasteiger partial charge in [-0.25, -0.2) is 4.39 Å². The smallest absolute Gasteiger partial charge is 0.250 e. The number of carbonyl (C=O) groups is 2. The number of halogens is 1. The molecule has 2 rings (SSSR count). The van der Waals surface area contributed by atoms with Crippen molar-refractivity contribution in [2.24, 2.45) is 0 Å². The Kier molecular flexibility index (Phi) is 4.60. The summed E-state index contributed by atoms with van der Waals surface area (Å²) in [6.07, 6.45) is 1.88. The summed E-state index contributed by atoms with van der Waals surface area (Å²) in [5.74, 6) is -0.690. The fraction of sp³-hybridized carbons (Fsp3) is 0.500. The van der Waals surface area contributed by atoms with Crippen LogP contribution in [0.15, 0.2) is 18.2 Å². The van der Waals surface area contributed by atoms with Crippen molar-refractivity contribution in [3.63, 3.8) is 0 Å². The van der Waals surface area contributed by atoms with Crippen molar-refractivity contribution < 1.29 is 14.0 Å². The minimum Gasteiger partial charge on any atom is -0.342 e. The quantitative estimate of drug-likeness (QED) is 0.927. The molecular weight excluding hydrogens is 271 g/mol. The van der Waals surface area contributed by atoms with Crippen molar-refractivity contribution >= 4 is 17.5 Å². The lowest BCUT2D eigenvalue weighted by Crippen LogP contribution is -2.63. The number of hydrogen-bond donors (Lipinski definition) is 1. The molecule has 1 aromatic carbocycles. The Morgan fingerprint density at radius 1 is 1.29 bits per heavy atom. The van der Waals surface area contributed by atoms with E-state index in [1.807, 2.05) is 13.8 Å². The van der Waals surface area contributed by atoms with E-state index in [-0.39, 0.29) is 17.6 Å². The molecule has 0 aliphatic carbocycles. The predicted octanol–water partition coefficient (Wildman–Crippen LogP) is 2.54. The first-order chi connectivity index (χ1) is 10.0. The highest BCUT2D eigenvalue weighted by Crippen LogP contribution is 2.28. The molecule has 2 atom stereocenters. The number of benzene rings is 1. The van der Waals surface area contributed by atoms with Gasteiger partial charge in [0, 0.05) is 5.56 Å². The molecular formula is C16H21FN2O2.